The molecule has 0 aromatic rings. The Hall–Kier alpha value is -0.0800. The third-order valence-corrected chi connectivity index (χ3v) is 4.97. The molecule has 0 radical (unpaired) electrons. The number of nitrogens with two attached hydrogens (primary N) is 1. The highest BCUT2D eigenvalue weighted by molar-refractivity contribution is 4.98. The van der Waals surface area contributed by atoms with E-state index < -0.39 is 0 Å². The number of nitrogens with zero attached hydrogens (tertiary/aromatic N) is 1. The van der Waals surface area contributed by atoms with Crippen LogP contribution < -0.4 is 5.73 Å². The van der Waals surface area contributed by atoms with Crippen LogP contribution in [0, 0.1) is 11.8 Å². The predicted octanol–water partition coefficient (Wildman–Crippen LogP) is 2.63. The first-order valence-corrected chi connectivity index (χ1v) is 7.15. The summed E-state index contributed by atoms with van der Waals surface area (Å²) in [7, 11) is 0. The number of rotatable bonds is 5. The van der Waals surface area contributed by atoms with Gasteiger partial charge in [0.1, 0.15) is 0 Å². The maximum atomic E-state index is 6.10. The molecule has 0 bridgehead atoms. The van der Waals surface area contributed by atoms with Gasteiger partial charge in [0.05, 0.1) is 0 Å². The van der Waals surface area contributed by atoms with Crippen molar-refractivity contribution in [1.29, 1.82) is 0 Å². The molecule has 94 valence electrons. The van der Waals surface area contributed by atoms with Crippen molar-refractivity contribution in [3.05, 3.63) is 0 Å². The summed E-state index contributed by atoms with van der Waals surface area (Å²) in [5.41, 5.74) is 6.45. The Bertz CT molecular complexity index is 225. The van der Waals surface area contributed by atoms with Gasteiger partial charge >= 0.3 is 0 Å². The molecule has 0 aromatic heterocycles. The monoisotopic (exact) mass is 224 g/mol. The Labute approximate surface area is 101 Å². The van der Waals surface area contributed by atoms with Gasteiger partial charge in [-0.1, -0.05) is 20.3 Å². The first kappa shape index (κ1) is 12.4. The first-order chi connectivity index (χ1) is 7.70. The minimum Gasteiger partial charge on any atom is -0.329 e. The topological polar surface area (TPSA) is 29.3 Å². The zero-order valence-electron chi connectivity index (χ0n) is 11.0. The molecule has 2 N–H and O–H groups in total. The van der Waals surface area contributed by atoms with Crippen molar-refractivity contribution in [2.45, 2.75) is 57.9 Å². The van der Waals surface area contributed by atoms with Gasteiger partial charge in [-0.05, 0) is 50.5 Å². The molecule has 2 nitrogen and oxygen atoms in total. The zero-order chi connectivity index (χ0) is 11.6. The van der Waals surface area contributed by atoms with Crippen molar-refractivity contribution < 1.29 is 0 Å². The van der Waals surface area contributed by atoms with Crippen molar-refractivity contribution in [3.8, 4) is 0 Å². The van der Waals surface area contributed by atoms with Crippen molar-refractivity contribution in [3.63, 3.8) is 0 Å². The van der Waals surface area contributed by atoms with Gasteiger partial charge < -0.3 is 5.73 Å². The van der Waals surface area contributed by atoms with Crippen LogP contribution in [0.5, 0.6) is 0 Å². The van der Waals surface area contributed by atoms with E-state index in [4.69, 9.17) is 5.73 Å². The quantitative estimate of drug-likeness (QED) is 0.778. The standard InChI is InChI=1S/C14H28N2/c1-3-16(10-13-5-4-6-13)14(11-15)8-7-12(2)9-14/h12-13H,3-11,15H2,1-2H3. The predicted molar refractivity (Wildman–Crippen MR) is 69.4 cm³/mol. The smallest absolute Gasteiger partial charge is 0.0334 e. The van der Waals surface area contributed by atoms with Gasteiger partial charge in [-0.25, -0.2) is 0 Å². The Balaban J connectivity index is 1.98. The second-order valence-electron chi connectivity index (χ2n) is 6.11. The van der Waals surface area contributed by atoms with Crippen LogP contribution in [0.4, 0.5) is 0 Å². The lowest BCUT2D eigenvalue weighted by molar-refractivity contribution is 0.0650. The molecule has 0 amide bonds. The second-order valence-corrected chi connectivity index (χ2v) is 6.11. The van der Waals surface area contributed by atoms with Crippen LogP contribution in [0.2, 0.25) is 0 Å². The molecule has 2 atom stereocenters. The minimum atomic E-state index is 0.351. The van der Waals surface area contributed by atoms with Crippen molar-refractivity contribution in [2.24, 2.45) is 17.6 Å². The van der Waals surface area contributed by atoms with Gasteiger partial charge in [0.2, 0.25) is 0 Å². The van der Waals surface area contributed by atoms with E-state index >= 15 is 0 Å². The van der Waals surface area contributed by atoms with Gasteiger partial charge in [0, 0.05) is 18.6 Å². The first-order valence-electron chi connectivity index (χ1n) is 7.15. The molecular weight excluding hydrogens is 196 g/mol. The van der Waals surface area contributed by atoms with Crippen molar-refractivity contribution in [2.75, 3.05) is 19.6 Å². The summed E-state index contributed by atoms with van der Waals surface area (Å²) in [6.45, 7) is 8.03. The maximum Gasteiger partial charge on any atom is 0.0334 e. The van der Waals surface area contributed by atoms with Crippen molar-refractivity contribution >= 4 is 0 Å². The van der Waals surface area contributed by atoms with Gasteiger partial charge in [-0.3, -0.25) is 4.90 Å². The van der Waals surface area contributed by atoms with Crippen LogP contribution >= 0.6 is 0 Å². The van der Waals surface area contributed by atoms with E-state index in [9.17, 15) is 0 Å². The summed E-state index contributed by atoms with van der Waals surface area (Å²) in [6, 6.07) is 0. The van der Waals surface area contributed by atoms with E-state index in [1.165, 1.54) is 51.6 Å². The van der Waals surface area contributed by atoms with Crippen LogP contribution in [-0.4, -0.2) is 30.1 Å². The molecule has 2 aliphatic carbocycles. The lowest BCUT2D eigenvalue weighted by Gasteiger charge is -2.44. The van der Waals surface area contributed by atoms with E-state index in [2.05, 4.69) is 18.7 Å². The third-order valence-electron chi connectivity index (χ3n) is 4.97. The molecule has 0 aromatic carbocycles. The van der Waals surface area contributed by atoms with E-state index in [1.807, 2.05) is 0 Å². The largest absolute Gasteiger partial charge is 0.329 e. The summed E-state index contributed by atoms with van der Waals surface area (Å²) in [4.78, 5) is 2.71. The van der Waals surface area contributed by atoms with Gasteiger partial charge in [0.25, 0.3) is 0 Å². The minimum absolute atomic E-state index is 0.351. The van der Waals surface area contributed by atoms with Gasteiger partial charge in [-0.15, -0.1) is 0 Å². The fraction of sp³-hybridized carbons (Fsp3) is 1.00. The second kappa shape index (κ2) is 5.05. The highest BCUT2D eigenvalue weighted by atomic mass is 15.2. The summed E-state index contributed by atoms with van der Waals surface area (Å²) < 4.78 is 0. The molecule has 16 heavy (non-hydrogen) atoms. The Morgan fingerprint density at radius 2 is 2.06 bits per heavy atom. The molecule has 2 aliphatic rings. The molecular formula is C14H28N2. The molecule has 2 rings (SSSR count). The summed E-state index contributed by atoms with van der Waals surface area (Å²) in [5, 5.41) is 0. The lowest BCUT2D eigenvalue weighted by Crippen LogP contribution is -2.54. The van der Waals surface area contributed by atoms with E-state index in [0.717, 1.165) is 18.4 Å². The van der Waals surface area contributed by atoms with Crippen LogP contribution in [0.15, 0.2) is 0 Å². The molecule has 2 unspecified atom stereocenters. The van der Waals surface area contributed by atoms with E-state index in [0.29, 0.717) is 5.54 Å². The molecule has 0 heterocycles. The fourth-order valence-electron chi connectivity index (χ4n) is 3.61. The highest BCUT2D eigenvalue weighted by Gasteiger charge is 2.41. The average molecular weight is 224 g/mol. The number of likely N-dealkylation sites (N-methyl/N-ethyl adjacent to an activating group) is 1. The molecule has 0 saturated heterocycles. The average Bonchev–Trinajstić information content (AvgIpc) is 2.60. The molecule has 2 heteroatoms. The Morgan fingerprint density at radius 1 is 1.31 bits per heavy atom. The lowest BCUT2D eigenvalue weighted by atomic mass is 9.83. The van der Waals surface area contributed by atoms with E-state index in [-0.39, 0.29) is 0 Å². The Kier molecular flexibility index (Phi) is 3.91. The molecule has 0 spiro atoms. The molecule has 2 fully saturated rings. The number of hydrogen-bond donors (Lipinski definition) is 1. The van der Waals surface area contributed by atoms with Crippen LogP contribution in [-0.2, 0) is 0 Å². The van der Waals surface area contributed by atoms with Crippen LogP contribution in [0.25, 0.3) is 0 Å². The van der Waals surface area contributed by atoms with Crippen molar-refractivity contribution in [1.82, 2.24) is 4.90 Å². The number of hydrogen-bond acceptors (Lipinski definition) is 2. The molecule has 0 aliphatic heterocycles. The van der Waals surface area contributed by atoms with Gasteiger partial charge in [-0.2, -0.15) is 0 Å². The third kappa shape index (κ3) is 2.28. The summed E-state index contributed by atoms with van der Waals surface area (Å²) >= 11 is 0. The molecule has 2 saturated carbocycles. The normalized spacial score (nSPS) is 35.6. The van der Waals surface area contributed by atoms with Crippen LogP contribution in [0.3, 0.4) is 0 Å². The summed E-state index contributed by atoms with van der Waals surface area (Å²) in [6.07, 6.45) is 8.38. The fourth-order valence-corrected chi connectivity index (χ4v) is 3.61. The summed E-state index contributed by atoms with van der Waals surface area (Å²) in [5.74, 6) is 1.85. The van der Waals surface area contributed by atoms with Gasteiger partial charge in [0.15, 0.2) is 0 Å². The highest BCUT2D eigenvalue weighted by Crippen LogP contribution is 2.40. The zero-order valence-corrected chi connectivity index (χ0v) is 11.0. The van der Waals surface area contributed by atoms with Crippen LogP contribution in [0.1, 0.15) is 52.4 Å². The SMILES string of the molecule is CCN(CC1CCC1)C1(CN)CCC(C)C1. The maximum absolute atomic E-state index is 6.10. The van der Waals surface area contributed by atoms with E-state index in [1.54, 1.807) is 0 Å². The Morgan fingerprint density at radius 3 is 2.44 bits per heavy atom.